The molecule has 0 unspecified atom stereocenters. The quantitative estimate of drug-likeness (QED) is 0.743. The molecule has 0 aliphatic carbocycles. The molecule has 0 saturated carbocycles. The molecule has 0 fully saturated rings. The molecular weight excluding hydrogens is 326 g/mol. The van der Waals surface area contributed by atoms with Crippen LogP contribution in [0.3, 0.4) is 0 Å². The van der Waals surface area contributed by atoms with Crippen LogP contribution in [0.2, 0.25) is 0 Å². The molecule has 4 heteroatoms. The van der Waals surface area contributed by atoms with E-state index >= 15 is 0 Å². The second-order valence-corrected chi connectivity index (χ2v) is 6.37. The van der Waals surface area contributed by atoms with Crippen LogP contribution in [0.5, 0.6) is 11.5 Å². The van der Waals surface area contributed by atoms with Crippen molar-refractivity contribution in [2.75, 3.05) is 19.0 Å². The van der Waals surface area contributed by atoms with Crippen LogP contribution in [-0.2, 0) is 4.79 Å². The van der Waals surface area contributed by atoms with Gasteiger partial charge in [0.05, 0.1) is 19.4 Å². The second kappa shape index (κ2) is 6.71. The van der Waals surface area contributed by atoms with Crippen molar-refractivity contribution in [1.82, 2.24) is 0 Å². The molecule has 0 bridgehead atoms. The summed E-state index contributed by atoms with van der Waals surface area (Å²) in [4.78, 5) is 12.5. The van der Waals surface area contributed by atoms with Gasteiger partial charge in [-0.1, -0.05) is 48.5 Å². The lowest BCUT2D eigenvalue weighted by molar-refractivity contribution is -0.116. The highest BCUT2D eigenvalue weighted by molar-refractivity contribution is 6.06. The highest BCUT2D eigenvalue weighted by Crippen LogP contribution is 2.45. The Bertz CT molecular complexity index is 980. The van der Waals surface area contributed by atoms with Gasteiger partial charge in [-0.3, -0.25) is 4.79 Å². The molecule has 1 amide bonds. The summed E-state index contributed by atoms with van der Waals surface area (Å²) in [6, 6.07) is 18.2. The number of ether oxygens (including phenoxy) is 2. The van der Waals surface area contributed by atoms with Crippen molar-refractivity contribution >= 4 is 22.4 Å². The van der Waals surface area contributed by atoms with E-state index in [9.17, 15) is 4.79 Å². The molecule has 1 atom stereocenters. The van der Waals surface area contributed by atoms with Crippen LogP contribution in [0.1, 0.15) is 30.4 Å². The first-order valence-electron chi connectivity index (χ1n) is 8.84. The van der Waals surface area contributed by atoms with E-state index in [1.165, 1.54) is 0 Å². The average Bonchev–Trinajstić information content (AvgIpc) is 2.67. The number of methoxy groups -OCH3 is 1. The van der Waals surface area contributed by atoms with Crippen molar-refractivity contribution in [2.45, 2.75) is 19.3 Å². The van der Waals surface area contributed by atoms with E-state index in [1.54, 1.807) is 7.11 Å². The van der Waals surface area contributed by atoms with Gasteiger partial charge in [0, 0.05) is 23.3 Å². The molecule has 1 heterocycles. The Labute approximate surface area is 152 Å². The Balaban J connectivity index is 1.93. The van der Waals surface area contributed by atoms with Crippen molar-refractivity contribution in [1.29, 1.82) is 0 Å². The molecule has 0 aromatic heterocycles. The van der Waals surface area contributed by atoms with Crippen LogP contribution in [-0.4, -0.2) is 19.6 Å². The molecule has 1 aliphatic rings. The number of para-hydroxylation sites is 1. The van der Waals surface area contributed by atoms with E-state index in [2.05, 4.69) is 23.5 Å². The van der Waals surface area contributed by atoms with E-state index in [0.717, 1.165) is 33.3 Å². The topological polar surface area (TPSA) is 47.6 Å². The molecule has 0 radical (unpaired) electrons. The molecule has 4 rings (SSSR count). The van der Waals surface area contributed by atoms with Crippen molar-refractivity contribution in [3.05, 3.63) is 65.7 Å². The summed E-state index contributed by atoms with van der Waals surface area (Å²) in [5.41, 5.74) is 2.99. The minimum atomic E-state index is -0.0694. The highest BCUT2D eigenvalue weighted by Gasteiger charge is 2.30. The number of hydrogen-bond donors (Lipinski definition) is 1. The first-order chi connectivity index (χ1) is 12.7. The lowest BCUT2D eigenvalue weighted by atomic mass is 9.82. The van der Waals surface area contributed by atoms with Gasteiger partial charge in [-0.2, -0.15) is 0 Å². The first kappa shape index (κ1) is 16.5. The van der Waals surface area contributed by atoms with Gasteiger partial charge in [0.15, 0.2) is 11.5 Å². The van der Waals surface area contributed by atoms with Gasteiger partial charge in [-0.15, -0.1) is 0 Å². The average molecular weight is 347 g/mol. The van der Waals surface area contributed by atoms with Crippen LogP contribution in [0.4, 0.5) is 5.69 Å². The number of benzene rings is 3. The monoisotopic (exact) mass is 347 g/mol. The van der Waals surface area contributed by atoms with E-state index < -0.39 is 0 Å². The first-order valence-corrected chi connectivity index (χ1v) is 8.84. The molecule has 1 N–H and O–H groups in total. The standard InChI is InChI=1S/C22H21NO3/c1-3-26-22-17(9-6-10-19(22)25-2)18-13-20(24)23-21-15-8-5-4-7-14(15)11-12-16(18)21/h4-12,18H,3,13H2,1-2H3,(H,23,24)/t18-/m0/s1. The van der Waals surface area contributed by atoms with Crippen molar-refractivity contribution in [2.24, 2.45) is 0 Å². The zero-order valence-corrected chi connectivity index (χ0v) is 14.9. The lowest BCUT2D eigenvalue weighted by Gasteiger charge is -2.29. The number of amides is 1. The van der Waals surface area contributed by atoms with Crippen LogP contribution in [0.25, 0.3) is 10.8 Å². The molecule has 132 valence electrons. The Morgan fingerprint density at radius 1 is 1.04 bits per heavy atom. The van der Waals surface area contributed by atoms with Crippen molar-refractivity contribution < 1.29 is 14.3 Å². The second-order valence-electron chi connectivity index (χ2n) is 6.37. The molecule has 0 spiro atoms. The summed E-state index contributed by atoms with van der Waals surface area (Å²) in [6.45, 7) is 2.49. The van der Waals surface area contributed by atoms with Crippen molar-refractivity contribution in [3.63, 3.8) is 0 Å². The fraction of sp³-hybridized carbons (Fsp3) is 0.227. The third-order valence-electron chi connectivity index (χ3n) is 4.88. The Morgan fingerprint density at radius 2 is 1.88 bits per heavy atom. The summed E-state index contributed by atoms with van der Waals surface area (Å²) < 4.78 is 11.4. The molecule has 1 aliphatic heterocycles. The third kappa shape index (κ3) is 2.68. The molecule has 3 aromatic rings. The van der Waals surface area contributed by atoms with Gasteiger partial charge in [-0.05, 0) is 23.9 Å². The zero-order chi connectivity index (χ0) is 18.1. The van der Waals surface area contributed by atoms with Crippen LogP contribution in [0, 0.1) is 0 Å². The van der Waals surface area contributed by atoms with Gasteiger partial charge in [0.1, 0.15) is 0 Å². The number of rotatable bonds is 4. The predicted octanol–water partition coefficient (Wildman–Crippen LogP) is 4.72. The highest BCUT2D eigenvalue weighted by atomic mass is 16.5. The van der Waals surface area contributed by atoms with E-state index in [1.807, 2.05) is 43.3 Å². The maximum atomic E-state index is 12.5. The minimum Gasteiger partial charge on any atom is -0.493 e. The fourth-order valence-electron chi connectivity index (χ4n) is 3.75. The zero-order valence-electron chi connectivity index (χ0n) is 14.9. The smallest absolute Gasteiger partial charge is 0.225 e. The summed E-state index contributed by atoms with van der Waals surface area (Å²) in [6.07, 6.45) is 0.387. The van der Waals surface area contributed by atoms with Gasteiger partial charge in [0.2, 0.25) is 5.91 Å². The van der Waals surface area contributed by atoms with Crippen LogP contribution < -0.4 is 14.8 Å². The fourth-order valence-corrected chi connectivity index (χ4v) is 3.75. The molecule has 0 saturated heterocycles. The summed E-state index contributed by atoms with van der Waals surface area (Å²) >= 11 is 0. The number of fused-ring (bicyclic) bond motifs is 3. The number of anilines is 1. The Hall–Kier alpha value is -3.01. The van der Waals surface area contributed by atoms with Crippen LogP contribution in [0.15, 0.2) is 54.6 Å². The van der Waals surface area contributed by atoms with Gasteiger partial charge < -0.3 is 14.8 Å². The SMILES string of the molecule is CCOc1c(OC)cccc1[C@H]1CC(=O)Nc2c1ccc1ccccc21. The minimum absolute atomic E-state index is 0.0177. The summed E-state index contributed by atoms with van der Waals surface area (Å²) in [5, 5.41) is 5.24. The van der Waals surface area contributed by atoms with Crippen LogP contribution >= 0.6 is 0 Å². The number of carbonyl (C=O) groups is 1. The van der Waals surface area contributed by atoms with Gasteiger partial charge in [0.25, 0.3) is 0 Å². The normalized spacial score (nSPS) is 16.1. The summed E-state index contributed by atoms with van der Waals surface area (Å²) in [5.74, 6) is 1.36. The third-order valence-corrected chi connectivity index (χ3v) is 4.88. The Kier molecular flexibility index (Phi) is 4.25. The number of hydrogen-bond acceptors (Lipinski definition) is 3. The molecular formula is C22H21NO3. The molecule has 4 nitrogen and oxygen atoms in total. The number of nitrogens with one attached hydrogen (secondary N) is 1. The van der Waals surface area contributed by atoms with Gasteiger partial charge in [-0.25, -0.2) is 0 Å². The van der Waals surface area contributed by atoms with Crippen molar-refractivity contribution in [3.8, 4) is 11.5 Å². The van der Waals surface area contributed by atoms with E-state index in [-0.39, 0.29) is 11.8 Å². The van der Waals surface area contributed by atoms with E-state index in [0.29, 0.717) is 18.8 Å². The summed E-state index contributed by atoms with van der Waals surface area (Å²) in [7, 11) is 1.64. The molecule has 26 heavy (non-hydrogen) atoms. The Morgan fingerprint density at radius 3 is 2.69 bits per heavy atom. The van der Waals surface area contributed by atoms with E-state index in [4.69, 9.17) is 9.47 Å². The maximum Gasteiger partial charge on any atom is 0.225 e. The number of carbonyl (C=O) groups excluding carboxylic acids is 1. The largest absolute Gasteiger partial charge is 0.493 e. The van der Waals surface area contributed by atoms with Gasteiger partial charge >= 0.3 is 0 Å². The predicted molar refractivity (Wildman–Crippen MR) is 103 cm³/mol. The molecule has 3 aromatic carbocycles. The maximum absolute atomic E-state index is 12.5. The lowest BCUT2D eigenvalue weighted by Crippen LogP contribution is -2.24.